The van der Waals surface area contributed by atoms with Crippen LogP contribution in [0.4, 0.5) is 5.95 Å². The number of hydrogen-bond donors (Lipinski definition) is 0. The summed E-state index contributed by atoms with van der Waals surface area (Å²) in [5, 5.41) is 9.47. The Morgan fingerprint density at radius 3 is 2.05 bits per heavy atom. The number of ether oxygens (including phenoxy) is 4. The molecule has 0 amide bonds. The molecule has 348 valence electrons. The van der Waals surface area contributed by atoms with E-state index in [0.29, 0.717) is 23.7 Å². The summed E-state index contributed by atoms with van der Waals surface area (Å²) in [5.74, 6) is 1.84. The first-order valence-electron chi connectivity index (χ1n) is 22.7. The molecule has 1 fully saturated rings. The molecule has 4 atom stereocenters. The third-order valence-corrected chi connectivity index (χ3v) is 13.5. The van der Waals surface area contributed by atoms with Crippen molar-refractivity contribution in [1.29, 1.82) is 5.26 Å². The summed E-state index contributed by atoms with van der Waals surface area (Å²) in [6.45, 7) is 14.7. The van der Waals surface area contributed by atoms with Crippen LogP contribution in [0.5, 0.6) is 11.5 Å². The zero-order valence-electron chi connectivity index (χ0n) is 39.1. The van der Waals surface area contributed by atoms with E-state index >= 15 is 0 Å². The van der Waals surface area contributed by atoms with Gasteiger partial charge in [-0.2, -0.15) is 15.2 Å². The van der Waals surface area contributed by atoms with Crippen LogP contribution in [-0.4, -0.2) is 99.7 Å². The number of nitrogens with zero attached hydrogens (tertiary/aromatic N) is 8. The smallest absolute Gasteiger partial charge is 0.357 e. The van der Waals surface area contributed by atoms with Crippen molar-refractivity contribution in [3.63, 3.8) is 0 Å². The molecular weight excluding hydrogens is 844 g/mol. The predicted molar refractivity (Wildman–Crippen MR) is 254 cm³/mol. The zero-order valence-corrected chi connectivity index (χ0v) is 40.0. The second-order valence-corrected chi connectivity index (χ2v) is 17.9. The Kier molecular flexibility index (Phi) is 18.0. The van der Waals surface area contributed by atoms with Crippen molar-refractivity contribution >= 4 is 26.6 Å². The van der Waals surface area contributed by atoms with Crippen molar-refractivity contribution < 1.29 is 28.0 Å². The number of methoxy groups -OCH3 is 2. The SMILES string of the molecule is CCCCN(C=Nc1nc(=O)n2ccn([C@H]3C[C@H](OP(OCCC#N)N(C(C)C)C(C)C)[C@@H](COC(c4ccccc4)(c4ccc(OC)cc4)c4ccc(OC)cc4)O3)c2n1)CCCC. The maximum atomic E-state index is 13.5. The normalized spacial score (nSPS) is 17.1. The van der Waals surface area contributed by atoms with Gasteiger partial charge < -0.3 is 32.9 Å². The topological polar surface area (TPSA) is 150 Å². The van der Waals surface area contributed by atoms with Gasteiger partial charge in [-0.1, -0.05) is 81.3 Å². The van der Waals surface area contributed by atoms with E-state index in [1.165, 1.54) is 4.40 Å². The highest BCUT2D eigenvalue weighted by Gasteiger charge is 2.45. The molecule has 2 aromatic heterocycles. The quantitative estimate of drug-likeness (QED) is 0.0181. The summed E-state index contributed by atoms with van der Waals surface area (Å²) < 4.78 is 44.5. The summed E-state index contributed by atoms with van der Waals surface area (Å²) in [6.07, 6.45) is 8.09. The molecule has 5 aromatic rings. The third-order valence-electron chi connectivity index (χ3n) is 11.4. The number of unbranched alkanes of at least 4 members (excludes halogenated alkanes) is 2. The number of benzene rings is 3. The molecule has 3 aromatic carbocycles. The van der Waals surface area contributed by atoms with Gasteiger partial charge in [0, 0.05) is 44.0 Å². The highest BCUT2D eigenvalue weighted by Crippen LogP contribution is 2.51. The highest BCUT2D eigenvalue weighted by atomic mass is 31.2. The van der Waals surface area contributed by atoms with Crippen LogP contribution < -0.4 is 15.2 Å². The van der Waals surface area contributed by atoms with E-state index in [-0.39, 0.29) is 37.7 Å². The van der Waals surface area contributed by atoms with E-state index in [4.69, 9.17) is 33.0 Å². The molecular formula is C49H65N8O7P. The molecule has 3 heterocycles. The fourth-order valence-electron chi connectivity index (χ4n) is 8.10. The predicted octanol–water partition coefficient (Wildman–Crippen LogP) is 9.43. The molecule has 0 saturated carbocycles. The average Bonchev–Trinajstić information content (AvgIpc) is 3.93. The van der Waals surface area contributed by atoms with E-state index < -0.39 is 38.3 Å². The van der Waals surface area contributed by atoms with Gasteiger partial charge in [-0.15, -0.1) is 0 Å². The van der Waals surface area contributed by atoms with Crippen LogP contribution >= 0.6 is 8.53 Å². The van der Waals surface area contributed by atoms with Crippen molar-refractivity contribution in [3.05, 3.63) is 118 Å². The van der Waals surface area contributed by atoms with Gasteiger partial charge in [-0.25, -0.2) is 18.9 Å². The minimum absolute atomic E-state index is 0.0719. The molecule has 65 heavy (non-hydrogen) atoms. The Labute approximate surface area is 384 Å². The van der Waals surface area contributed by atoms with Crippen LogP contribution in [0.3, 0.4) is 0 Å². The van der Waals surface area contributed by atoms with Gasteiger partial charge in [-0.3, -0.25) is 4.57 Å². The van der Waals surface area contributed by atoms with Crippen molar-refractivity contribution in [2.24, 2.45) is 4.99 Å². The van der Waals surface area contributed by atoms with E-state index in [1.807, 2.05) is 71.3 Å². The van der Waals surface area contributed by atoms with Crippen molar-refractivity contribution in [2.45, 2.75) is 116 Å². The molecule has 1 saturated heterocycles. The standard InChI is InChI=1S/C49H65N8O7P/c1-9-11-28-54(29-12-10-2)35-51-46-52-47-55(30-31-56(47)48(58)53-46)45-33-43(64-65(62-32-16-27-50)57(36(3)4)37(5)6)44(63-45)34-61-49(38-17-14-13-15-18-38,39-19-23-41(59-7)24-20-39)40-21-25-42(60-8)26-22-40/h13-15,17-26,30-31,35-37,43-45H,9-12,16,28-29,32-34H2,1-8H3/t43-,44+,45+,65?/m0/s1. The molecule has 15 nitrogen and oxygen atoms in total. The summed E-state index contributed by atoms with van der Waals surface area (Å²) in [7, 11) is 1.62. The first kappa shape index (κ1) is 49.2. The second-order valence-electron chi connectivity index (χ2n) is 16.5. The number of rotatable bonds is 25. The molecule has 1 aliphatic heterocycles. The lowest BCUT2D eigenvalue weighted by Gasteiger charge is -2.39. The first-order chi connectivity index (χ1) is 31.6. The van der Waals surface area contributed by atoms with Crippen LogP contribution in [0, 0.1) is 11.3 Å². The van der Waals surface area contributed by atoms with E-state index in [0.717, 1.165) is 55.5 Å². The lowest BCUT2D eigenvalue weighted by molar-refractivity contribution is -0.0912. The molecule has 0 aliphatic carbocycles. The number of nitriles is 1. The van der Waals surface area contributed by atoms with Crippen LogP contribution in [0.25, 0.3) is 5.78 Å². The van der Waals surface area contributed by atoms with Gasteiger partial charge in [-0.05, 0) is 81.5 Å². The van der Waals surface area contributed by atoms with Gasteiger partial charge in [0.25, 0.3) is 14.5 Å². The summed E-state index contributed by atoms with van der Waals surface area (Å²) in [4.78, 5) is 29.3. The zero-order chi connectivity index (χ0) is 46.3. The van der Waals surface area contributed by atoms with Crippen LogP contribution in [-0.2, 0) is 24.1 Å². The lowest BCUT2D eigenvalue weighted by Crippen LogP contribution is -2.39. The van der Waals surface area contributed by atoms with Crippen molar-refractivity contribution in [2.75, 3.05) is 40.5 Å². The van der Waals surface area contributed by atoms with E-state index in [2.05, 4.69) is 79.3 Å². The molecule has 0 radical (unpaired) electrons. The number of hydrogen-bond acceptors (Lipinski definition) is 12. The number of aromatic nitrogens is 4. The summed E-state index contributed by atoms with van der Waals surface area (Å²) >= 11 is 0. The maximum Gasteiger partial charge on any atom is 0.357 e. The summed E-state index contributed by atoms with van der Waals surface area (Å²) in [6, 6.07) is 28.2. The summed E-state index contributed by atoms with van der Waals surface area (Å²) in [5.41, 5.74) is 1.03. The van der Waals surface area contributed by atoms with Crippen LogP contribution in [0.15, 0.2) is 101 Å². The fraction of sp³-hybridized carbons (Fsp3) is 0.490. The molecule has 1 aliphatic rings. The highest BCUT2D eigenvalue weighted by molar-refractivity contribution is 7.44. The molecule has 0 N–H and O–H groups in total. The van der Waals surface area contributed by atoms with Crippen LogP contribution in [0.1, 0.15) is 103 Å². The Morgan fingerprint density at radius 2 is 1.49 bits per heavy atom. The number of fused-ring (bicyclic) bond motifs is 1. The Hall–Kier alpha value is -5.20. The monoisotopic (exact) mass is 908 g/mol. The molecule has 0 spiro atoms. The molecule has 1 unspecified atom stereocenters. The van der Waals surface area contributed by atoms with Gasteiger partial charge in [0.2, 0.25) is 5.78 Å². The fourth-order valence-corrected chi connectivity index (χ4v) is 9.86. The second kappa shape index (κ2) is 23.8. The third kappa shape index (κ3) is 12.0. The maximum absolute atomic E-state index is 13.5. The van der Waals surface area contributed by atoms with Gasteiger partial charge in [0.05, 0.1) is 52.4 Å². The van der Waals surface area contributed by atoms with E-state index in [9.17, 15) is 10.1 Å². The first-order valence-corrected chi connectivity index (χ1v) is 23.8. The minimum atomic E-state index is -1.67. The lowest BCUT2D eigenvalue weighted by atomic mass is 9.80. The van der Waals surface area contributed by atoms with E-state index in [1.54, 1.807) is 33.0 Å². The average molecular weight is 909 g/mol. The van der Waals surface area contributed by atoms with Gasteiger partial charge in [0.15, 0.2) is 0 Å². The Morgan fingerprint density at radius 1 is 0.892 bits per heavy atom. The van der Waals surface area contributed by atoms with Crippen molar-refractivity contribution in [3.8, 4) is 17.6 Å². The largest absolute Gasteiger partial charge is 0.497 e. The molecule has 6 rings (SSSR count). The number of aliphatic imine (C=N–C) groups is 1. The Bertz CT molecular complexity index is 2290. The van der Waals surface area contributed by atoms with Crippen molar-refractivity contribution in [1.82, 2.24) is 28.5 Å². The van der Waals surface area contributed by atoms with Gasteiger partial charge >= 0.3 is 5.69 Å². The number of imidazole rings is 1. The minimum Gasteiger partial charge on any atom is -0.497 e. The molecule has 16 heteroatoms. The molecule has 0 bridgehead atoms. The van der Waals surface area contributed by atoms with Crippen LogP contribution in [0.2, 0.25) is 0 Å². The Balaban J connectivity index is 1.43. The van der Waals surface area contributed by atoms with Gasteiger partial charge in [0.1, 0.15) is 29.4 Å².